The summed E-state index contributed by atoms with van der Waals surface area (Å²) in [5, 5.41) is 19.4. The number of aliphatic hydroxyl groups is 1. The van der Waals surface area contributed by atoms with Crippen LogP contribution in [0.2, 0.25) is 0 Å². The zero-order chi connectivity index (χ0) is 18.5. The van der Waals surface area contributed by atoms with Gasteiger partial charge in [0.1, 0.15) is 35.8 Å². The SMILES string of the molecule is Oc1ccc(OCC(O)CN2CCN(c3ccc(F)cc3F)CC2)cc1. The van der Waals surface area contributed by atoms with E-state index in [-0.39, 0.29) is 12.4 Å². The molecule has 0 radical (unpaired) electrons. The molecule has 1 atom stereocenters. The van der Waals surface area contributed by atoms with Crippen LogP contribution >= 0.6 is 0 Å². The van der Waals surface area contributed by atoms with E-state index in [1.807, 2.05) is 4.90 Å². The lowest BCUT2D eigenvalue weighted by molar-refractivity contribution is 0.0662. The second kappa shape index (κ2) is 8.33. The summed E-state index contributed by atoms with van der Waals surface area (Å²) >= 11 is 0. The largest absolute Gasteiger partial charge is 0.508 e. The number of aromatic hydroxyl groups is 1. The van der Waals surface area contributed by atoms with Crippen molar-refractivity contribution < 1.29 is 23.7 Å². The van der Waals surface area contributed by atoms with Crippen LogP contribution in [0.15, 0.2) is 42.5 Å². The van der Waals surface area contributed by atoms with Crippen LogP contribution < -0.4 is 9.64 Å². The number of nitrogens with zero attached hydrogens (tertiary/aromatic N) is 2. The predicted molar refractivity (Wildman–Crippen MR) is 94.6 cm³/mol. The fourth-order valence-corrected chi connectivity index (χ4v) is 2.99. The smallest absolute Gasteiger partial charge is 0.149 e. The van der Waals surface area contributed by atoms with Crippen LogP contribution in [0.25, 0.3) is 0 Å². The molecule has 1 heterocycles. The van der Waals surface area contributed by atoms with Gasteiger partial charge in [-0.25, -0.2) is 8.78 Å². The highest BCUT2D eigenvalue weighted by Crippen LogP contribution is 2.21. The molecule has 0 amide bonds. The highest BCUT2D eigenvalue weighted by molar-refractivity contribution is 5.48. The average molecular weight is 364 g/mol. The second-order valence-electron chi connectivity index (χ2n) is 6.34. The number of phenols is 1. The molecule has 2 N–H and O–H groups in total. The molecule has 26 heavy (non-hydrogen) atoms. The Bertz CT molecular complexity index is 719. The molecule has 1 saturated heterocycles. The van der Waals surface area contributed by atoms with E-state index in [1.165, 1.54) is 24.3 Å². The van der Waals surface area contributed by atoms with Gasteiger partial charge in [-0.1, -0.05) is 0 Å². The highest BCUT2D eigenvalue weighted by Gasteiger charge is 2.21. The lowest BCUT2D eigenvalue weighted by Crippen LogP contribution is -2.49. The van der Waals surface area contributed by atoms with Crippen molar-refractivity contribution in [2.45, 2.75) is 6.10 Å². The maximum absolute atomic E-state index is 13.9. The number of benzene rings is 2. The Morgan fingerprint density at radius 2 is 1.69 bits per heavy atom. The van der Waals surface area contributed by atoms with Crippen LogP contribution in [0.4, 0.5) is 14.5 Å². The summed E-state index contributed by atoms with van der Waals surface area (Å²) in [6, 6.07) is 9.93. The molecule has 0 aliphatic carbocycles. The van der Waals surface area contributed by atoms with Crippen LogP contribution in [-0.2, 0) is 0 Å². The van der Waals surface area contributed by atoms with Gasteiger partial charge < -0.3 is 19.8 Å². The third kappa shape index (κ3) is 4.83. The molecule has 0 saturated carbocycles. The molecule has 2 aromatic rings. The first-order valence-corrected chi connectivity index (χ1v) is 8.53. The van der Waals surface area contributed by atoms with Gasteiger partial charge >= 0.3 is 0 Å². The fraction of sp³-hybridized carbons (Fsp3) is 0.368. The summed E-state index contributed by atoms with van der Waals surface area (Å²) in [6.45, 7) is 3.16. The molecule has 1 unspecified atom stereocenters. The van der Waals surface area contributed by atoms with E-state index in [1.54, 1.807) is 12.1 Å². The van der Waals surface area contributed by atoms with Gasteiger partial charge in [-0.05, 0) is 36.4 Å². The molecular formula is C19H22F2N2O3. The Morgan fingerprint density at radius 1 is 1.00 bits per heavy atom. The summed E-state index contributed by atoms with van der Waals surface area (Å²) in [5.41, 5.74) is 0.405. The summed E-state index contributed by atoms with van der Waals surface area (Å²) in [5.74, 6) is -0.394. The first-order chi connectivity index (χ1) is 12.5. The summed E-state index contributed by atoms with van der Waals surface area (Å²) in [4.78, 5) is 3.97. The Morgan fingerprint density at radius 3 is 2.35 bits per heavy atom. The molecular weight excluding hydrogens is 342 g/mol. The zero-order valence-electron chi connectivity index (χ0n) is 14.3. The van der Waals surface area contributed by atoms with E-state index < -0.39 is 17.7 Å². The highest BCUT2D eigenvalue weighted by atomic mass is 19.1. The van der Waals surface area contributed by atoms with Crippen molar-refractivity contribution in [3.05, 3.63) is 54.1 Å². The number of anilines is 1. The fourth-order valence-electron chi connectivity index (χ4n) is 2.99. The van der Waals surface area contributed by atoms with Gasteiger partial charge in [-0.3, -0.25) is 4.90 Å². The number of aliphatic hydroxyl groups excluding tert-OH is 1. The monoisotopic (exact) mass is 364 g/mol. The number of rotatable bonds is 6. The normalized spacial score (nSPS) is 16.5. The maximum Gasteiger partial charge on any atom is 0.149 e. The van der Waals surface area contributed by atoms with Gasteiger partial charge in [0.25, 0.3) is 0 Å². The molecule has 140 valence electrons. The summed E-state index contributed by atoms with van der Waals surface area (Å²) < 4.78 is 32.4. The van der Waals surface area contributed by atoms with E-state index in [2.05, 4.69) is 4.90 Å². The van der Waals surface area contributed by atoms with Gasteiger partial charge in [-0.2, -0.15) is 0 Å². The van der Waals surface area contributed by atoms with Gasteiger partial charge in [-0.15, -0.1) is 0 Å². The molecule has 0 spiro atoms. The van der Waals surface area contributed by atoms with Crippen molar-refractivity contribution in [3.63, 3.8) is 0 Å². The van der Waals surface area contributed by atoms with Crippen LogP contribution in [0.3, 0.4) is 0 Å². The predicted octanol–water partition coefficient (Wildman–Crippen LogP) is 2.23. The third-order valence-electron chi connectivity index (χ3n) is 4.37. The summed E-state index contributed by atoms with van der Waals surface area (Å²) in [6.07, 6.45) is -0.655. The molecule has 7 heteroatoms. The number of hydrogen-bond acceptors (Lipinski definition) is 5. The molecule has 1 aliphatic rings. The van der Waals surface area contributed by atoms with E-state index in [9.17, 15) is 19.0 Å². The maximum atomic E-state index is 13.9. The van der Waals surface area contributed by atoms with Crippen molar-refractivity contribution >= 4 is 5.69 Å². The minimum atomic E-state index is -0.655. The van der Waals surface area contributed by atoms with Gasteiger partial charge in [0, 0.05) is 38.8 Å². The number of phenolic OH excluding ortho intramolecular Hbond substituents is 1. The molecule has 2 aromatic carbocycles. The Kier molecular flexibility index (Phi) is 5.90. The lowest BCUT2D eigenvalue weighted by atomic mass is 10.2. The van der Waals surface area contributed by atoms with Gasteiger partial charge in [0.05, 0.1) is 5.69 Å². The summed E-state index contributed by atoms with van der Waals surface area (Å²) in [7, 11) is 0. The lowest BCUT2D eigenvalue weighted by Gasteiger charge is -2.37. The molecule has 1 aliphatic heterocycles. The van der Waals surface area contributed by atoms with E-state index in [0.717, 1.165) is 6.07 Å². The van der Waals surface area contributed by atoms with Crippen LogP contribution in [0.5, 0.6) is 11.5 Å². The molecule has 5 nitrogen and oxygen atoms in total. The Labute approximate surface area is 151 Å². The standard InChI is InChI=1S/C19H22F2N2O3/c20-14-1-6-19(18(21)11-14)23-9-7-22(8-10-23)12-16(25)13-26-17-4-2-15(24)3-5-17/h1-6,11,16,24-25H,7-10,12-13H2. The topological polar surface area (TPSA) is 56.2 Å². The van der Waals surface area contributed by atoms with E-state index in [0.29, 0.717) is 44.2 Å². The molecule has 0 bridgehead atoms. The van der Waals surface area contributed by atoms with Crippen molar-refractivity contribution in [2.24, 2.45) is 0 Å². The van der Waals surface area contributed by atoms with Crippen molar-refractivity contribution in [3.8, 4) is 11.5 Å². The van der Waals surface area contributed by atoms with Crippen molar-refractivity contribution in [1.82, 2.24) is 4.90 Å². The number of halogens is 2. The van der Waals surface area contributed by atoms with Gasteiger partial charge in [0.15, 0.2) is 0 Å². The number of β-amino-alcohol motifs (C(OH)–C–C–N with tert-alkyl or cyclic N) is 1. The Hall–Kier alpha value is -2.38. The Balaban J connectivity index is 1.43. The van der Waals surface area contributed by atoms with E-state index >= 15 is 0 Å². The minimum absolute atomic E-state index is 0.150. The van der Waals surface area contributed by atoms with Crippen molar-refractivity contribution in [2.75, 3.05) is 44.2 Å². The van der Waals surface area contributed by atoms with Crippen LogP contribution in [0, 0.1) is 11.6 Å². The second-order valence-corrected chi connectivity index (χ2v) is 6.34. The molecule has 0 aromatic heterocycles. The first-order valence-electron chi connectivity index (χ1n) is 8.53. The van der Waals surface area contributed by atoms with Crippen LogP contribution in [0.1, 0.15) is 0 Å². The molecule has 3 rings (SSSR count). The van der Waals surface area contributed by atoms with Crippen molar-refractivity contribution in [1.29, 1.82) is 0 Å². The quantitative estimate of drug-likeness (QED) is 0.823. The minimum Gasteiger partial charge on any atom is -0.508 e. The van der Waals surface area contributed by atoms with Gasteiger partial charge in [0.2, 0.25) is 0 Å². The first kappa shape index (κ1) is 18.4. The zero-order valence-corrected chi connectivity index (χ0v) is 14.3. The third-order valence-corrected chi connectivity index (χ3v) is 4.37. The van der Waals surface area contributed by atoms with Crippen LogP contribution in [-0.4, -0.2) is 60.5 Å². The number of piperazine rings is 1. The average Bonchev–Trinajstić information content (AvgIpc) is 2.62. The number of hydrogen-bond donors (Lipinski definition) is 2. The van der Waals surface area contributed by atoms with E-state index in [4.69, 9.17) is 4.74 Å². The molecule has 1 fully saturated rings. The number of ether oxygens (including phenoxy) is 1.